The number of rotatable bonds is 9. The van der Waals surface area contributed by atoms with Gasteiger partial charge in [-0.1, -0.05) is 163 Å². The molecule has 5 aliphatic rings. The molecular weight excluding hydrogens is 973 g/mol. The second-order valence-electron chi connectivity index (χ2n) is 22.6. The van der Waals surface area contributed by atoms with Gasteiger partial charge >= 0.3 is 23.5 Å². The summed E-state index contributed by atoms with van der Waals surface area (Å²) in [5, 5.41) is -0.725. The van der Waals surface area contributed by atoms with E-state index < -0.39 is 75.9 Å². The predicted molar refractivity (Wildman–Crippen MR) is 281 cm³/mol. The summed E-state index contributed by atoms with van der Waals surface area (Å²) in [5.74, 6) is -3.80. The number of hydrogen-bond donors (Lipinski definition) is 0. The maximum absolute atomic E-state index is 15.9. The first kappa shape index (κ1) is 49.6. The van der Waals surface area contributed by atoms with Crippen LogP contribution in [0.25, 0.3) is 11.1 Å². The van der Waals surface area contributed by atoms with E-state index >= 15 is 9.59 Å². The smallest absolute Gasteiger partial charge is 0.339 e. The number of methoxy groups -OCH3 is 1. The fourth-order valence-corrected chi connectivity index (χ4v) is 11.8. The molecule has 5 heterocycles. The summed E-state index contributed by atoms with van der Waals surface area (Å²) in [6.45, 7) is 21.3. The zero-order valence-electron chi connectivity index (χ0n) is 43.6. The van der Waals surface area contributed by atoms with E-state index in [9.17, 15) is 0 Å². The van der Waals surface area contributed by atoms with Gasteiger partial charge < -0.3 is 51.5 Å². The largest absolute Gasteiger partial charge is 0.541 e. The Morgan fingerprint density at radius 3 is 1.49 bits per heavy atom. The summed E-state index contributed by atoms with van der Waals surface area (Å²) < 4.78 is 76.1. The number of ether oxygens (including phenoxy) is 9. The van der Waals surface area contributed by atoms with E-state index in [4.69, 9.17) is 51.5 Å². The van der Waals surface area contributed by atoms with Gasteiger partial charge in [0, 0.05) is 40.5 Å². The van der Waals surface area contributed by atoms with Crippen molar-refractivity contribution in [3.8, 4) is 45.6 Å². The number of carbonyl (C=O) groups is 2. The van der Waals surface area contributed by atoms with E-state index in [-0.39, 0.29) is 68.4 Å². The van der Waals surface area contributed by atoms with Gasteiger partial charge in [-0.2, -0.15) is 0 Å². The summed E-state index contributed by atoms with van der Waals surface area (Å²) in [6.07, 6.45) is -5.05. The molecule has 5 atom stereocenters. The molecule has 0 radical (unpaired) electrons. The lowest BCUT2D eigenvalue weighted by atomic mass is 9.91. The topological polar surface area (TPSA) is 136 Å². The van der Waals surface area contributed by atoms with E-state index in [1.807, 2.05) is 121 Å². The SMILES string of the molecule is CO[C@@H]1[C@H]2OC(=O)c3cc4c(c(O[Si](C)(C)C(C)(C)C)c3-c3c(cc(O[Si](C)(C)C(C)(C)C)c5c3OC(c3ccccc3)(c3ccccc3)O5)C(=O)O[C@@H]1[C@H]1CO[C@@H]2O1)OC(c1ccccc1)(c1ccccc1)O4. The van der Waals surface area contributed by atoms with Crippen LogP contribution in [-0.4, -0.2) is 73.0 Å². The monoisotopic (exact) mass is 1030 g/mol. The van der Waals surface area contributed by atoms with Crippen LogP contribution in [0.2, 0.25) is 36.3 Å². The van der Waals surface area contributed by atoms with Gasteiger partial charge in [0.25, 0.3) is 16.6 Å². The maximum Gasteiger partial charge on any atom is 0.339 e. The van der Waals surface area contributed by atoms with Crippen molar-refractivity contribution in [1.29, 1.82) is 0 Å². The van der Waals surface area contributed by atoms with Crippen LogP contribution in [0.3, 0.4) is 0 Å². The first-order chi connectivity index (χ1) is 35.2. The number of hydrogen-bond acceptors (Lipinski definition) is 13. The minimum Gasteiger partial charge on any atom is -0.541 e. The van der Waals surface area contributed by atoms with Gasteiger partial charge in [-0.15, -0.1) is 0 Å². The molecule has 0 aliphatic carbocycles. The molecule has 74 heavy (non-hydrogen) atoms. The summed E-state index contributed by atoms with van der Waals surface area (Å²) in [4.78, 5) is 31.8. The summed E-state index contributed by atoms with van der Waals surface area (Å²) in [6, 6.07) is 41.6. The Bertz CT molecular complexity index is 3050. The molecule has 0 amide bonds. The fourth-order valence-electron chi connectivity index (χ4n) is 9.74. The molecule has 0 saturated carbocycles. The standard InChI is InChI=1S/C59H62O13Si2/c1-56(2,3)73(8,9)71-42-33-40-44(49-48(42)69-59(70-49,37-28-20-14-21-29-37)38-30-22-15-23-31-38)45-39(54(61)66-52-51(62-7)46(65-53(40)60)43-34-63-55(52)64-43)32-41-47(50(45)72-74(10,11)57(4,5)6)68-58(67-41,35-24-16-12-17-25-35)36-26-18-13-19-27-36/h12-33,43,46,51-52,55H,34H2,1-11H3/t43-,46-,51+,52-,55-/m1/s1. The molecule has 0 unspecified atom stereocenters. The van der Waals surface area contributed by atoms with Crippen LogP contribution in [0, 0.1) is 0 Å². The molecule has 2 saturated heterocycles. The van der Waals surface area contributed by atoms with E-state index in [1.165, 1.54) is 7.11 Å². The maximum atomic E-state index is 15.9. The Morgan fingerprint density at radius 1 is 0.541 bits per heavy atom. The van der Waals surface area contributed by atoms with E-state index in [1.54, 1.807) is 12.1 Å². The lowest BCUT2D eigenvalue weighted by Crippen LogP contribution is -2.57. The van der Waals surface area contributed by atoms with Crippen LogP contribution in [0.5, 0.6) is 34.5 Å². The van der Waals surface area contributed by atoms with E-state index in [0.717, 1.165) is 0 Å². The van der Waals surface area contributed by atoms with Crippen molar-refractivity contribution in [3.63, 3.8) is 0 Å². The quantitative estimate of drug-likeness (QED) is 0.100. The lowest BCUT2D eigenvalue weighted by molar-refractivity contribution is -0.234. The number of esters is 2. The highest BCUT2D eigenvalue weighted by molar-refractivity contribution is 6.75. The molecule has 13 nitrogen and oxygen atoms in total. The predicted octanol–water partition coefficient (Wildman–Crippen LogP) is 12.3. The second kappa shape index (κ2) is 17.8. The van der Waals surface area contributed by atoms with Gasteiger partial charge in [0.2, 0.25) is 11.5 Å². The first-order valence-corrected chi connectivity index (χ1v) is 31.0. The Labute approximate surface area is 434 Å². The van der Waals surface area contributed by atoms with Crippen LogP contribution in [0.1, 0.15) is 84.5 Å². The van der Waals surface area contributed by atoms with Gasteiger partial charge in [0.1, 0.15) is 12.2 Å². The molecule has 2 fully saturated rings. The molecule has 384 valence electrons. The Kier molecular flexibility index (Phi) is 11.9. The summed E-state index contributed by atoms with van der Waals surface area (Å²) >= 11 is 0. The number of fused-ring (bicyclic) bond motifs is 12. The summed E-state index contributed by atoms with van der Waals surface area (Å²) in [5.41, 5.74) is 2.84. The zero-order chi connectivity index (χ0) is 52.2. The van der Waals surface area contributed by atoms with Crippen molar-refractivity contribution in [2.75, 3.05) is 13.7 Å². The highest BCUT2D eigenvalue weighted by Gasteiger charge is 2.58. The second-order valence-corrected chi connectivity index (χ2v) is 32.0. The minimum atomic E-state index is -3.00. The van der Waals surface area contributed by atoms with Crippen LogP contribution in [0.15, 0.2) is 133 Å². The number of carbonyl (C=O) groups excluding carboxylic acids is 2. The van der Waals surface area contributed by atoms with Crippen molar-refractivity contribution >= 4 is 28.6 Å². The first-order valence-electron chi connectivity index (χ1n) is 25.2. The third kappa shape index (κ3) is 7.97. The Balaban J connectivity index is 1.28. The zero-order valence-corrected chi connectivity index (χ0v) is 45.6. The molecule has 5 aliphatic heterocycles. The van der Waals surface area contributed by atoms with Crippen molar-refractivity contribution in [2.24, 2.45) is 0 Å². The van der Waals surface area contributed by atoms with Gasteiger partial charge in [-0.3, -0.25) is 0 Å². The van der Waals surface area contributed by atoms with Crippen molar-refractivity contribution < 1.29 is 61.1 Å². The molecule has 4 bridgehead atoms. The van der Waals surface area contributed by atoms with Crippen molar-refractivity contribution in [3.05, 3.63) is 167 Å². The fraction of sp³-hybridized carbons (Fsp3) is 0.356. The average Bonchev–Trinajstić information content (AvgIpc) is 4.14. The normalized spacial score (nSPS) is 22.4. The number of benzene rings is 6. The third-order valence-electron chi connectivity index (χ3n) is 15.8. The molecule has 0 N–H and O–H groups in total. The minimum absolute atomic E-state index is 0.0160. The highest BCUT2D eigenvalue weighted by atomic mass is 28.4. The molecule has 0 spiro atoms. The van der Waals surface area contributed by atoms with Gasteiger partial charge in [0.15, 0.2) is 41.5 Å². The van der Waals surface area contributed by atoms with Crippen molar-refractivity contribution in [2.45, 2.75) is 120 Å². The molecule has 6 aromatic rings. The molecule has 15 heteroatoms. The van der Waals surface area contributed by atoms with Gasteiger partial charge in [-0.05, 0) is 48.4 Å². The Hall–Kier alpha value is -6.63. The van der Waals surface area contributed by atoms with Crippen LogP contribution in [0.4, 0.5) is 0 Å². The van der Waals surface area contributed by atoms with Crippen LogP contribution < -0.4 is 27.8 Å². The highest BCUT2D eigenvalue weighted by Crippen LogP contribution is 2.64. The van der Waals surface area contributed by atoms with E-state index in [2.05, 4.69) is 67.7 Å². The lowest BCUT2D eigenvalue weighted by Gasteiger charge is -2.38. The molecule has 11 rings (SSSR count). The van der Waals surface area contributed by atoms with Crippen molar-refractivity contribution in [1.82, 2.24) is 0 Å². The van der Waals surface area contributed by atoms with Gasteiger partial charge in [-0.25, -0.2) is 9.59 Å². The summed E-state index contributed by atoms with van der Waals surface area (Å²) in [7, 11) is -4.30. The molecule has 6 aromatic carbocycles. The Morgan fingerprint density at radius 2 is 0.986 bits per heavy atom. The molecule has 0 aromatic heterocycles. The average molecular weight is 1040 g/mol. The van der Waals surface area contributed by atoms with Crippen LogP contribution >= 0.6 is 0 Å². The molecular formula is C59H62O13Si2. The third-order valence-corrected chi connectivity index (χ3v) is 24.5. The van der Waals surface area contributed by atoms with Crippen LogP contribution in [-0.2, 0) is 35.3 Å². The van der Waals surface area contributed by atoms with E-state index in [0.29, 0.717) is 22.3 Å². The van der Waals surface area contributed by atoms with Gasteiger partial charge in [0.05, 0.1) is 17.7 Å².